The monoisotopic (exact) mass is 311 g/mol. The number of nitriles is 1. The molecule has 0 bridgehead atoms. The zero-order valence-corrected chi connectivity index (χ0v) is 12.1. The van der Waals surface area contributed by atoms with Crippen molar-refractivity contribution < 1.29 is 4.42 Å². The first-order valence-corrected chi connectivity index (χ1v) is 6.34. The minimum Gasteiger partial charge on any atom is -0.444 e. The van der Waals surface area contributed by atoms with Crippen LogP contribution in [0.5, 0.6) is 0 Å². The van der Waals surface area contributed by atoms with Crippen LogP contribution in [-0.2, 0) is 5.41 Å². The number of nitrogens with zero attached hydrogens (tertiary/aromatic N) is 1. The first kappa shape index (κ1) is 12.5. The average molecular weight is 313 g/mol. The molecule has 88 valence electrons. The van der Waals surface area contributed by atoms with Gasteiger partial charge in [-0.1, -0.05) is 48.3 Å². The Bertz CT molecular complexity index is 631. The van der Waals surface area contributed by atoms with Gasteiger partial charge in [-0.05, 0) is 17.5 Å². The smallest absolute Gasteiger partial charge is 0.208 e. The topological polar surface area (TPSA) is 36.9 Å². The predicted octanol–water partition coefficient (Wildman–Crippen LogP) is 5.02. The molecule has 0 unspecified atom stereocenters. The number of rotatable bonds is 0. The number of fused-ring (bicyclic) bond motifs is 1. The van der Waals surface area contributed by atoms with Crippen LogP contribution >= 0.6 is 27.5 Å². The maximum Gasteiger partial charge on any atom is 0.208 e. The molecule has 1 aromatic heterocycles. The second-order valence-electron chi connectivity index (χ2n) is 4.93. The predicted molar refractivity (Wildman–Crippen MR) is 72.3 cm³/mol. The maximum atomic E-state index is 9.14. The van der Waals surface area contributed by atoms with Gasteiger partial charge in [0.2, 0.25) is 5.76 Å². The van der Waals surface area contributed by atoms with Crippen LogP contribution in [0, 0.1) is 11.3 Å². The van der Waals surface area contributed by atoms with Crippen LogP contribution in [0.3, 0.4) is 0 Å². The van der Waals surface area contributed by atoms with Crippen LogP contribution in [0.1, 0.15) is 32.1 Å². The third-order valence-electron chi connectivity index (χ3n) is 2.56. The third kappa shape index (κ3) is 2.08. The van der Waals surface area contributed by atoms with Gasteiger partial charge in [0.25, 0.3) is 0 Å². The van der Waals surface area contributed by atoms with E-state index in [-0.39, 0.29) is 5.41 Å². The summed E-state index contributed by atoms with van der Waals surface area (Å²) < 4.78 is 6.43. The third-order valence-corrected chi connectivity index (χ3v) is 3.30. The van der Waals surface area contributed by atoms with Gasteiger partial charge in [-0.25, -0.2) is 0 Å². The van der Waals surface area contributed by atoms with Crippen molar-refractivity contribution in [3.8, 4) is 6.07 Å². The molecule has 2 rings (SSSR count). The fourth-order valence-corrected chi connectivity index (χ4v) is 2.80. The molecule has 17 heavy (non-hydrogen) atoms. The number of hydrogen-bond acceptors (Lipinski definition) is 2. The molecule has 0 N–H and O–H groups in total. The molecule has 0 aliphatic carbocycles. The van der Waals surface area contributed by atoms with Crippen LogP contribution in [0.25, 0.3) is 11.0 Å². The van der Waals surface area contributed by atoms with E-state index in [4.69, 9.17) is 21.3 Å². The number of benzene rings is 1. The van der Waals surface area contributed by atoms with Crippen LogP contribution in [0.4, 0.5) is 0 Å². The summed E-state index contributed by atoms with van der Waals surface area (Å²) in [7, 11) is 0. The van der Waals surface area contributed by atoms with Gasteiger partial charge in [0.05, 0.1) is 5.02 Å². The van der Waals surface area contributed by atoms with Crippen molar-refractivity contribution in [2.24, 2.45) is 0 Å². The van der Waals surface area contributed by atoms with E-state index >= 15 is 0 Å². The van der Waals surface area contributed by atoms with Crippen LogP contribution in [0.2, 0.25) is 5.02 Å². The average Bonchev–Trinajstić information content (AvgIpc) is 2.55. The van der Waals surface area contributed by atoms with E-state index in [2.05, 4.69) is 22.0 Å². The van der Waals surface area contributed by atoms with E-state index in [1.165, 1.54) is 0 Å². The Labute approximate surface area is 113 Å². The zero-order valence-electron chi connectivity index (χ0n) is 9.77. The van der Waals surface area contributed by atoms with Crippen molar-refractivity contribution in [3.63, 3.8) is 0 Å². The van der Waals surface area contributed by atoms with E-state index in [1.807, 2.05) is 26.8 Å². The van der Waals surface area contributed by atoms with Gasteiger partial charge in [0.15, 0.2) is 5.58 Å². The Morgan fingerprint density at radius 3 is 2.53 bits per heavy atom. The molecule has 0 saturated heterocycles. The SMILES string of the molecule is CC(C)(C)c1c(C#N)oc2c(Cl)cc(Br)cc12. The highest BCUT2D eigenvalue weighted by molar-refractivity contribution is 9.10. The minimum atomic E-state index is -0.166. The normalized spacial score (nSPS) is 11.8. The Hall–Kier alpha value is -0.980. The lowest BCUT2D eigenvalue weighted by atomic mass is 9.85. The standard InChI is InChI=1S/C13H11BrClNO/c1-13(2,3)11-8-4-7(14)5-9(15)12(8)17-10(11)6-16/h4-5H,1-3H3. The van der Waals surface area contributed by atoms with Crippen molar-refractivity contribution in [1.29, 1.82) is 5.26 Å². The van der Waals surface area contributed by atoms with Crippen molar-refractivity contribution in [2.75, 3.05) is 0 Å². The summed E-state index contributed by atoms with van der Waals surface area (Å²) in [6, 6.07) is 5.80. The lowest BCUT2D eigenvalue weighted by Gasteiger charge is -2.17. The molecule has 0 saturated carbocycles. The highest BCUT2D eigenvalue weighted by Gasteiger charge is 2.26. The Morgan fingerprint density at radius 2 is 2.00 bits per heavy atom. The Balaban J connectivity index is 2.95. The molecule has 0 aliphatic rings. The minimum absolute atomic E-state index is 0.166. The zero-order chi connectivity index (χ0) is 12.8. The fourth-order valence-electron chi connectivity index (χ4n) is 1.95. The van der Waals surface area contributed by atoms with Crippen molar-refractivity contribution >= 4 is 38.5 Å². The summed E-state index contributed by atoms with van der Waals surface area (Å²) in [5.74, 6) is 0.340. The molecule has 1 aromatic carbocycles. The molecule has 0 atom stereocenters. The van der Waals surface area contributed by atoms with Crippen molar-refractivity contribution in [2.45, 2.75) is 26.2 Å². The summed E-state index contributed by atoms with van der Waals surface area (Å²) in [6.07, 6.45) is 0. The highest BCUT2D eigenvalue weighted by atomic mass is 79.9. The van der Waals surface area contributed by atoms with Crippen LogP contribution < -0.4 is 0 Å². The number of halogens is 2. The van der Waals surface area contributed by atoms with Crippen molar-refractivity contribution in [3.05, 3.63) is 33.0 Å². The number of furan rings is 1. The maximum absolute atomic E-state index is 9.14. The Kier molecular flexibility index (Phi) is 2.97. The lowest BCUT2D eigenvalue weighted by Crippen LogP contribution is -2.11. The summed E-state index contributed by atoms with van der Waals surface area (Å²) in [4.78, 5) is 0. The van der Waals surface area contributed by atoms with Gasteiger partial charge in [-0.3, -0.25) is 0 Å². The van der Waals surface area contributed by atoms with E-state index < -0.39 is 0 Å². The van der Waals surface area contributed by atoms with E-state index in [9.17, 15) is 0 Å². The molecule has 0 radical (unpaired) electrons. The second-order valence-corrected chi connectivity index (χ2v) is 6.26. The van der Waals surface area contributed by atoms with E-state index in [0.29, 0.717) is 16.4 Å². The van der Waals surface area contributed by atoms with Gasteiger partial charge in [-0.15, -0.1) is 0 Å². The first-order valence-electron chi connectivity index (χ1n) is 5.16. The van der Waals surface area contributed by atoms with Crippen LogP contribution in [0.15, 0.2) is 21.0 Å². The first-order chi connectivity index (χ1) is 7.84. The van der Waals surface area contributed by atoms with Gasteiger partial charge in [0, 0.05) is 15.4 Å². The van der Waals surface area contributed by atoms with Crippen molar-refractivity contribution in [1.82, 2.24) is 0 Å². The number of hydrogen-bond donors (Lipinski definition) is 0. The summed E-state index contributed by atoms with van der Waals surface area (Å²) in [6.45, 7) is 6.15. The quantitative estimate of drug-likeness (QED) is 0.685. The summed E-state index contributed by atoms with van der Waals surface area (Å²) in [5, 5.41) is 10.6. The van der Waals surface area contributed by atoms with Gasteiger partial charge in [0.1, 0.15) is 6.07 Å². The molecule has 0 aliphatic heterocycles. The Morgan fingerprint density at radius 1 is 1.35 bits per heavy atom. The highest BCUT2D eigenvalue weighted by Crippen LogP contribution is 2.39. The van der Waals surface area contributed by atoms with E-state index in [1.54, 1.807) is 6.07 Å². The molecular weight excluding hydrogens is 302 g/mol. The molecule has 1 heterocycles. The molecule has 2 nitrogen and oxygen atoms in total. The second kappa shape index (κ2) is 4.04. The largest absolute Gasteiger partial charge is 0.444 e. The molecule has 4 heteroatoms. The molecule has 2 aromatic rings. The lowest BCUT2D eigenvalue weighted by molar-refractivity contribution is 0.546. The van der Waals surface area contributed by atoms with Gasteiger partial charge < -0.3 is 4.42 Å². The molecular formula is C13H11BrClNO. The molecule has 0 amide bonds. The fraction of sp³-hybridized carbons (Fsp3) is 0.308. The van der Waals surface area contributed by atoms with E-state index in [0.717, 1.165) is 15.4 Å². The van der Waals surface area contributed by atoms with Gasteiger partial charge in [-0.2, -0.15) is 5.26 Å². The summed E-state index contributed by atoms with van der Waals surface area (Å²) >= 11 is 9.53. The molecule has 0 fully saturated rings. The van der Waals surface area contributed by atoms with Crippen LogP contribution in [-0.4, -0.2) is 0 Å². The summed E-state index contributed by atoms with van der Waals surface area (Å²) in [5.41, 5.74) is 1.31. The molecule has 0 spiro atoms. The van der Waals surface area contributed by atoms with Gasteiger partial charge >= 0.3 is 0 Å².